The predicted molar refractivity (Wildman–Crippen MR) is 125 cm³/mol. The summed E-state index contributed by atoms with van der Waals surface area (Å²) in [5.74, 6) is -0.654. The van der Waals surface area contributed by atoms with E-state index in [4.69, 9.17) is 0 Å². The minimum Gasteiger partial charge on any atom is -0.351 e. The third kappa shape index (κ3) is 4.74. The summed E-state index contributed by atoms with van der Waals surface area (Å²) < 4.78 is 27.5. The molecule has 7 nitrogen and oxygen atoms in total. The van der Waals surface area contributed by atoms with Gasteiger partial charge < -0.3 is 10.2 Å². The average molecular weight is 476 g/mol. The summed E-state index contributed by atoms with van der Waals surface area (Å²) in [6, 6.07) is 9.25. The van der Waals surface area contributed by atoms with E-state index >= 15 is 0 Å². The maximum atomic E-state index is 12.8. The van der Waals surface area contributed by atoms with Crippen molar-refractivity contribution in [2.45, 2.75) is 50.3 Å². The first-order chi connectivity index (χ1) is 15.3. The van der Waals surface area contributed by atoms with Gasteiger partial charge in [-0.2, -0.15) is 4.31 Å². The van der Waals surface area contributed by atoms with E-state index < -0.39 is 15.9 Å². The van der Waals surface area contributed by atoms with E-state index in [1.165, 1.54) is 11.3 Å². The number of carbonyl (C=O) groups excluding carboxylic acids is 2. The highest BCUT2D eigenvalue weighted by atomic mass is 32.2. The van der Waals surface area contributed by atoms with Crippen molar-refractivity contribution >= 4 is 38.9 Å². The van der Waals surface area contributed by atoms with Crippen molar-refractivity contribution in [1.82, 2.24) is 9.62 Å². The van der Waals surface area contributed by atoms with Crippen LogP contribution in [0.4, 0.5) is 5.69 Å². The van der Waals surface area contributed by atoms with E-state index in [9.17, 15) is 18.0 Å². The Morgan fingerprint density at radius 3 is 2.56 bits per heavy atom. The van der Waals surface area contributed by atoms with Gasteiger partial charge in [-0.3, -0.25) is 9.59 Å². The van der Waals surface area contributed by atoms with E-state index in [1.54, 1.807) is 21.3 Å². The molecule has 32 heavy (non-hydrogen) atoms. The number of hydrogen-bond acceptors (Lipinski definition) is 5. The molecule has 1 N–H and O–H groups in total. The summed E-state index contributed by atoms with van der Waals surface area (Å²) in [4.78, 5) is 27.7. The van der Waals surface area contributed by atoms with Crippen LogP contribution in [0.5, 0.6) is 0 Å². The monoisotopic (exact) mass is 475 g/mol. The molecule has 0 spiro atoms. The zero-order valence-electron chi connectivity index (χ0n) is 18.5. The fourth-order valence-electron chi connectivity index (χ4n) is 4.17. The van der Waals surface area contributed by atoms with Gasteiger partial charge in [-0.05, 0) is 62.1 Å². The summed E-state index contributed by atoms with van der Waals surface area (Å²) in [5.41, 5.74) is 3.09. The summed E-state index contributed by atoms with van der Waals surface area (Å²) >= 11 is 1.20. The molecule has 2 aliphatic rings. The van der Waals surface area contributed by atoms with E-state index in [0.717, 1.165) is 41.0 Å². The van der Waals surface area contributed by atoms with Gasteiger partial charge in [-0.25, -0.2) is 8.42 Å². The van der Waals surface area contributed by atoms with Gasteiger partial charge in [0.2, 0.25) is 11.8 Å². The van der Waals surface area contributed by atoms with Crippen molar-refractivity contribution in [3.8, 4) is 0 Å². The van der Waals surface area contributed by atoms with Gasteiger partial charge in [0.25, 0.3) is 10.0 Å². The first-order valence-electron chi connectivity index (χ1n) is 11.0. The molecule has 1 atom stereocenters. The summed E-state index contributed by atoms with van der Waals surface area (Å²) in [6.45, 7) is 5.77. The number of sulfonamides is 1. The minimum atomic E-state index is -3.46. The van der Waals surface area contributed by atoms with Crippen LogP contribution < -0.4 is 10.2 Å². The zero-order chi connectivity index (χ0) is 22.9. The number of hydrogen-bond donors (Lipinski definition) is 1. The van der Waals surface area contributed by atoms with Crippen molar-refractivity contribution < 1.29 is 18.0 Å². The van der Waals surface area contributed by atoms with Crippen molar-refractivity contribution in [1.29, 1.82) is 0 Å². The standard InChI is InChI=1S/C23H29N3O4S2/c1-16-6-7-19(12-17(16)2)26-15-18(13-21(26)27)23(28)24-14-20-8-9-22(31-20)32(29,30)25-10-4-3-5-11-25/h6-9,12,18H,3-5,10-11,13-15H2,1-2H3,(H,24,28)/t18-/m0/s1. The molecule has 2 amide bonds. The van der Waals surface area contributed by atoms with Crippen LogP contribution in [-0.2, 0) is 26.2 Å². The molecule has 0 saturated carbocycles. The Morgan fingerprint density at radius 2 is 1.84 bits per heavy atom. The number of carbonyl (C=O) groups is 2. The molecule has 0 unspecified atom stereocenters. The number of nitrogens with one attached hydrogen (secondary N) is 1. The maximum Gasteiger partial charge on any atom is 0.252 e. The van der Waals surface area contributed by atoms with Gasteiger partial charge in [0, 0.05) is 36.6 Å². The summed E-state index contributed by atoms with van der Waals surface area (Å²) in [7, 11) is -3.46. The molecule has 4 rings (SSSR count). The van der Waals surface area contributed by atoms with Crippen LogP contribution in [0.2, 0.25) is 0 Å². The van der Waals surface area contributed by atoms with Crippen LogP contribution in [0, 0.1) is 19.8 Å². The van der Waals surface area contributed by atoms with Crippen LogP contribution in [0.1, 0.15) is 41.7 Å². The quantitative estimate of drug-likeness (QED) is 0.695. The second kappa shape index (κ2) is 9.33. The van der Waals surface area contributed by atoms with Gasteiger partial charge in [-0.1, -0.05) is 12.5 Å². The number of piperidine rings is 1. The molecule has 1 aromatic carbocycles. The Labute approximate surface area is 193 Å². The lowest BCUT2D eigenvalue weighted by Gasteiger charge is -2.25. The Morgan fingerprint density at radius 1 is 1.09 bits per heavy atom. The Balaban J connectivity index is 1.35. The normalized spacial score (nSPS) is 20.0. The Kier molecular flexibility index (Phi) is 6.69. The molecule has 2 saturated heterocycles. The summed E-state index contributed by atoms with van der Waals surface area (Å²) in [6.07, 6.45) is 3.04. The van der Waals surface area contributed by atoms with Gasteiger partial charge in [0.15, 0.2) is 0 Å². The smallest absolute Gasteiger partial charge is 0.252 e. The van der Waals surface area contributed by atoms with E-state index in [2.05, 4.69) is 5.32 Å². The molecule has 0 radical (unpaired) electrons. The van der Waals surface area contributed by atoms with E-state index in [0.29, 0.717) is 23.8 Å². The number of thiophene rings is 1. The van der Waals surface area contributed by atoms with Crippen LogP contribution >= 0.6 is 11.3 Å². The van der Waals surface area contributed by atoms with Crippen molar-refractivity contribution in [2.75, 3.05) is 24.5 Å². The van der Waals surface area contributed by atoms with Crippen LogP contribution in [0.3, 0.4) is 0 Å². The molecule has 1 aromatic heterocycles. The van der Waals surface area contributed by atoms with E-state index in [1.807, 2.05) is 32.0 Å². The second-order valence-electron chi connectivity index (χ2n) is 8.58. The highest BCUT2D eigenvalue weighted by molar-refractivity contribution is 7.91. The van der Waals surface area contributed by atoms with E-state index in [-0.39, 0.29) is 24.8 Å². The predicted octanol–water partition coefficient (Wildman–Crippen LogP) is 3.21. The fourth-order valence-corrected chi connectivity index (χ4v) is 7.14. The molecule has 0 aliphatic carbocycles. The number of anilines is 1. The van der Waals surface area contributed by atoms with Crippen LogP contribution in [0.15, 0.2) is 34.5 Å². The van der Waals surface area contributed by atoms with Crippen LogP contribution in [-0.4, -0.2) is 44.2 Å². The lowest BCUT2D eigenvalue weighted by atomic mass is 10.1. The first-order valence-corrected chi connectivity index (χ1v) is 13.3. The topological polar surface area (TPSA) is 86.8 Å². The van der Waals surface area contributed by atoms with Gasteiger partial charge in [-0.15, -0.1) is 11.3 Å². The molecule has 0 bridgehead atoms. The molecule has 3 heterocycles. The SMILES string of the molecule is Cc1ccc(N2C[C@@H](C(=O)NCc3ccc(S(=O)(=O)N4CCCCC4)s3)CC2=O)cc1C. The second-order valence-corrected chi connectivity index (χ2v) is 11.9. The molecule has 2 aromatic rings. The third-order valence-corrected chi connectivity index (χ3v) is 9.73. The van der Waals surface area contributed by atoms with Gasteiger partial charge in [0.1, 0.15) is 4.21 Å². The lowest BCUT2D eigenvalue weighted by molar-refractivity contribution is -0.126. The minimum absolute atomic E-state index is 0.0561. The molecular weight excluding hydrogens is 446 g/mol. The number of amides is 2. The number of aryl methyl sites for hydroxylation is 2. The molecule has 2 aliphatic heterocycles. The van der Waals surface area contributed by atoms with Crippen molar-refractivity contribution in [3.05, 3.63) is 46.3 Å². The Bertz CT molecular complexity index is 1120. The lowest BCUT2D eigenvalue weighted by Crippen LogP contribution is -2.35. The van der Waals surface area contributed by atoms with Crippen molar-refractivity contribution in [3.63, 3.8) is 0 Å². The molecule has 172 valence electrons. The summed E-state index contributed by atoms with van der Waals surface area (Å²) in [5, 5.41) is 2.88. The largest absolute Gasteiger partial charge is 0.351 e. The van der Waals surface area contributed by atoms with Gasteiger partial charge >= 0.3 is 0 Å². The third-order valence-electron chi connectivity index (χ3n) is 6.28. The first kappa shape index (κ1) is 22.9. The molecular formula is C23H29N3O4S2. The number of rotatable bonds is 6. The highest BCUT2D eigenvalue weighted by Crippen LogP contribution is 2.29. The number of benzene rings is 1. The molecule has 2 fully saturated rings. The number of nitrogens with zero attached hydrogens (tertiary/aromatic N) is 2. The van der Waals surface area contributed by atoms with Gasteiger partial charge in [0.05, 0.1) is 12.5 Å². The highest BCUT2D eigenvalue weighted by Gasteiger charge is 2.35. The maximum absolute atomic E-state index is 12.8. The molecule has 9 heteroatoms. The fraction of sp³-hybridized carbons (Fsp3) is 0.478. The zero-order valence-corrected chi connectivity index (χ0v) is 20.1. The van der Waals surface area contributed by atoms with Crippen molar-refractivity contribution in [2.24, 2.45) is 5.92 Å². The average Bonchev–Trinajstić information content (AvgIpc) is 3.42. The Hall–Kier alpha value is -2.23. The van der Waals surface area contributed by atoms with Crippen LogP contribution in [0.25, 0.3) is 0 Å².